The first-order valence-electron chi connectivity index (χ1n) is 7.07. The highest BCUT2D eigenvalue weighted by atomic mass is 127. The second-order valence-electron chi connectivity index (χ2n) is 5.25. The molecular weight excluding hydrogens is 586 g/mol. The monoisotopic (exact) mass is 596 g/mol. The molecule has 128 valence electrons. The van der Waals surface area contributed by atoms with Crippen LogP contribution in [0.2, 0.25) is 5.02 Å². The number of nitrogens with one attached hydrogen (secondary N) is 1. The standard InChI is InChI=1S/C17H11ClI2N2O2S/c1-8-4-10(18)2-3-13(8)21-17-22-16(24)14(25-17)7-9-5-11(19)15(23)12(20)6-9/h2-7,23H,1H3,(H,21,22,24)/b14-7-. The molecule has 2 aromatic carbocycles. The van der Waals surface area contributed by atoms with Gasteiger partial charge in [0, 0.05) is 5.02 Å². The number of nitrogens with zero attached hydrogens (tertiary/aromatic N) is 1. The number of amidine groups is 1. The van der Waals surface area contributed by atoms with Crippen molar-refractivity contribution in [1.82, 2.24) is 5.32 Å². The Morgan fingerprint density at radius 2 is 1.92 bits per heavy atom. The number of carbonyl (C=O) groups excluding carboxylic acids is 1. The highest BCUT2D eigenvalue weighted by Gasteiger charge is 2.24. The molecule has 1 amide bonds. The van der Waals surface area contributed by atoms with E-state index in [2.05, 4.69) is 55.5 Å². The second-order valence-corrected chi connectivity index (χ2v) is 9.04. The highest BCUT2D eigenvalue weighted by molar-refractivity contribution is 14.1. The molecule has 0 atom stereocenters. The van der Waals surface area contributed by atoms with Crippen molar-refractivity contribution in [3.63, 3.8) is 0 Å². The van der Waals surface area contributed by atoms with Crippen LogP contribution in [0.1, 0.15) is 11.1 Å². The van der Waals surface area contributed by atoms with E-state index in [1.807, 2.05) is 31.2 Å². The highest BCUT2D eigenvalue weighted by Crippen LogP contribution is 2.32. The molecule has 0 bridgehead atoms. The van der Waals surface area contributed by atoms with Gasteiger partial charge in [0.1, 0.15) is 5.75 Å². The molecule has 8 heteroatoms. The van der Waals surface area contributed by atoms with Crippen LogP contribution in [0.3, 0.4) is 0 Å². The van der Waals surface area contributed by atoms with Gasteiger partial charge in [-0.1, -0.05) is 11.6 Å². The zero-order valence-electron chi connectivity index (χ0n) is 12.8. The fourth-order valence-electron chi connectivity index (χ4n) is 2.15. The number of aliphatic imine (C=N–C) groups is 1. The first-order chi connectivity index (χ1) is 11.8. The van der Waals surface area contributed by atoms with E-state index in [-0.39, 0.29) is 11.7 Å². The van der Waals surface area contributed by atoms with Gasteiger partial charge in [0.2, 0.25) is 0 Å². The molecule has 1 aliphatic rings. The van der Waals surface area contributed by atoms with Gasteiger partial charge in [0.25, 0.3) is 5.91 Å². The number of phenols is 1. The number of hydrogen-bond donors (Lipinski definition) is 2. The Balaban J connectivity index is 1.88. The van der Waals surface area contributed by atoms with E-state index in [1.54, 1.807) is 12.1 Å². The number of hydrogen-bond acceptors (Lipinski definition) is 4. The lowest BCUT2D eigenvalue weighted by Crippen LogP contribution is -2.19. The summed E-state index contributed by atoms with van der Waals surface area (Å²) in [7, 11) is 0. The van der Waals surface area contributed by atoms with E-state index in [9.17, 15) is 9.90 Å². The van der Waals surface area contributed by atoms with Crippen LogP contribution in [0.5, 0.6) is 5.75 Å². The molecule has 1 fully saturated rings. The molecule has 0 aliphatic carbocycles. The van der Waals surface area contributed by atoms with Gasteiger partial charge in [0.05, 0.1) is 17.7 Å². The Labute approximate surface area is 181 Å². The van der Waals surface area contributed by atoms with Gasteiger partial charge in [0.15, 0.2) is 5.17 Å². The van der Waals surface area contributed by atoms with E-state index < -0.39 is 0 Å². The molecule has 0 radical (unpaired) electrons. The zero-order valence-corrected chi connectivity index (χ0v) is 18.7. The first-order valence-corrected chi connectivity index (χ1v) is 10.4. The second kappa shape index (κ2) is 7.85. The minimum Gasteiger partial charge on any atom is -0.506 e. The minimum absolute atomic E-state index is 0.187. The summed E-state index contributed by atoms with van der Waals surface area (Å²) in [5, 5.41) is 13.8. The van der Waals surface area contributed by atoms with Crippen LogP contribution in [0.25, 0.3) is 6.08 Å². The van der Waals surface area contributed by atoms with Crippen molar-refractivity contribution < 1.29 is 9.90 Å². The van der Waals surface area contributed by atoms with Gasteiger partial charge in [-0.3, -0.25) is 4.79 Å². The quantitative estimate of drug-likeness (QED) is 0.358. The Hall–Kier alpha value is -0.780. The van der Waals surface area contributed by atoms with Gasteiger partial charge in [-0.25, -0.2) is 4.99 Å². The summed E-state index contributed by atoms with van der Waals surface area (Å²) in [6.07, 6.45) is 1.79. The largest absolute Gasteiger partial charge is 0.506 e. The molecule has 0 unspecified atom stereocenters. The maximum absolute atomic E-state index is 12.2. The summed E-state index contributed by atoms with van der Waals surface area (Å²) in [5.41, 5.74) is 2.56. The lowest BCUT2D eigenvalue weighted by atomic mass is 10.2. The lowest BCUT2D eigenvalue weighted by Gasteiger charge is -2.03. The molecule has 0 spiro atoms. The predicted octanol–water partition coefficient (Wildman–Crippen LogP) is 5.45. The maximum atomic E-state index is 12.2. The van der Waals surface area contributed by atoms with E-state index >= 15 is 0 Å². The molecular formula is C17H11ClI2N2O2S. The number of amides is 1. The third kappa shape index (κ3) is 4.50. The number of benzene rings is 2. The molecule has 2 N–H and O–H groups in total. The van der Waals surface area contributed by atoms with E-state index in [0.29, 0.717) is 15.1 Å². The van der Waals surface area contributed by atoms with E-state index in [1.165, 1.54) is 11.8 Å². The van der Waals surface area contributed by atoms with Gasteiger partial charge in [-0.05, 0) is 111 Å². The van der Waals surface area contributed by atoms with E-state index in [0.717, 1.165) is 24.0 Å². The van der Waals surface area contributed by atoms with Crippen LogP contribution in [-0.4, -0.2) is 16.2 Å². The topological polar surface area (TPSA) is 61.7 Å². The average molecular weight is 597 g/mol. The van der Waals surface area contributed by atoms with Crippen molar-refractivity contribution in [2.75, 3.05) is 0 Å². The molecule has 4 nitrogen and oxygen atoms in total. The summed E-state index contributed by atoms with van der Waals surface area (Å²) >= 11 is 11.4. The van der Waals surface area contributed by atoms with Crippen molar-refractivity contribution >= 4 is 91.4 Å². The third-order valence-electron chi connectivity index (χ3n) is 3.37. The van der Waals surface area contributed by atoms with Crippen molar-refractivity contribution in [2.24, 2.45) is 4.99 Å². The normalized spacial score (nSPS) is 17.4. The molecule has 0 saturated carbocycles. The number of halogens is 3. The molecule has 1 aliphatic heterocycles. The maximum Gasteiger partial charge on any atom is 0.264 e. The van der Waals surface area contributed by atoms with Gasteiger partial charge < -0.3 is 10.4 Å². The fraction of sp³-hybridized carbons (Fsp3) is 0.0588. The predicted molar refractivity (Wildman–Crippen MR) is 121 cm³/mol. The van der Waals surface area contributed by atoms with E-state index in [4.69, 9.17) is 11.6 Å². The van der Waals surface area contributed by atoms with Crippen LogP contribution in [0.15, 0.2) is 40.2 Å². The van der Waals surface area contributed by atoms with Gasteiger partial charge in [-0.2, -0.15) is 0 Å². The summed E-state index contributed by atoms with van der Waals surface area (Å²) < 4.78 is 1.48. The summed E-state index contributed by atoms with van der Waals surface area (Å²) in [4.78, 5) is 17.3. The van der Waals surface area contributed by atoms with Crippen LogP contribution in [0.4, 0.5) is 5.69 Å². The molecule has 1 heterocycles. The van der Waals surface area contributed by atoms with Gasteiger partial charge in [-0.15, -0.1) is 0 Å². The lowest BCUT2D eigenvalue weighted by molar-refractivity contribution is -0.115. The van der Waals surface area contributed by atoms with Crippen LogP contribution < -0.4 is 5.32 Å². The number of aryl methyl sites for hydroxylation is 1. The Bertz CT molecular complexity index is 921. The van der Waals surface area contributed by atoms with Crippen LogP contribution in [-0.2, 0) is 4.79 Å². The number of rotatable bonds is 2. The summed E-state index contributed by atoms with van der Waals surface area (Å²) in [5.74, 6) is 0.0702. The van der Waals surface area contributed by atoms with Crippen molar-refractivity contribution in [2.45, 2.75) is 6.92 Å². The Morgan fingerprint density at radius 3 is 2.56 bits per heavy atom. The molecule has 2 aromatic rings. The SMILES string of the molecule is Cc1cc(Cl)ccc1N=C1NC(=O)/C(=C/c2cc(I)c(O)c(I)c2)S1. The van der Waals surface area contributed by atoms with Crippen molar-refractivity contribution in [3.8, 4) is 5.75 Å². The molecule has 3 rings (SSSR count). The van der Waals surface area contributed by atoms with Crippen LogP contribution in [0, 0.1) is 14.1 Å². The molecule has 0 aromatic heterocycles. The van der Waals surface area contributed by atoms with Crippen molar-refractivity contribution in [1.29, 1.82) is 0 Å². The minimum atomic E-state index is -0.187. The molecule has 25 heavy (non-hydrogen) atoms. The van der Waals surface area contributed by atoms with Crippen LogP contribution >= 0.6 is 68.5 Å². The zero-order chi connectivity index (χ0) is 18.1. The number of phenolic OH excluding ortho intramolecular Hbond substituents is 1. The third-order valence-corrected chi connectivity index (χ3v) is 6.16. The fourth-order valence-corrected chi connectivity index (χ4v) is 5.03. The number of carbonyl (C=O) groups is 1. The smallest absolute Gasteiger partial charge is 0.264 e. The number of aromatic hydroxyl groups is 1. The average Bonchev–Trinajstić information content (AvgIpc) is 2.87. The first kappa shape index (κ1) is 19.0. The van der Waals surface area contributed by atoms with Gasteiger partial charge >= 0.3 is 0 Å². The van der Waals surface area contributed by atoms with Crippen molar-refractivity contribution in [3.05, 3.63) is 58.5 Å². The molecule has 1 saturated heterocycles. The summed E-state index contributed by atoms with van der Waals surface area (Å²) in [6, 6.07) is 9.09. The Kier molecular flexibility index (Phi) is 5.96. The number of thioether (sulfide) groups is 1. The summed E-state index contributed by atoms with van der Waals surface area (Å²) in [6.45, 7) is 1.92. The Morgan fingerprint density at radius 1 is 1.24 bits per heavy atom.